The number of nitrogens with zero attached hydrogens (tertiary/aromatic N) is 1. The van der Waals surface area contributed by atoms with Crippen molar-refractivity contribution < 1.29 is 23.9 Å². The van der Waals surface area contributed by atoms with Crippen molar-refractivity contribution in [3.8, 4) is 0 Å². The molecule has 3 aromatic carbocycles. The van der Waals surface area contributed by atoms with E-state index in [-0.39, 0.29) is 27.9 Å². The highest BCUT2D eigenvalue weighted by atomic mass is 79.9. The van der Waals surface area contributed by atoms with Gasteiger partial charge in [0.2, 0.25) is 0 Å². The molecular formula is C25H17BrClN3O5. The topological polar surface area (TPSA) is 105 Å². The maximum atomic E-state index is 13.0. The number of imide groups is 1. The number of rotatable bonds is 6. The standard InChI is InChI=1S/C25H17BrClN3O5/c1-35-25(34)15-5-4-6-17(13-15)30-23(32)20(27)21(24(30)33)28-16-11-9-14(10-12-16)22(31)29-19-8-3-2-7-18(19)26/h2-13,28H,1H3,(H,29,31). The molecule has 0 atom stereocenters. The Bertz CT molecular complexity index is 1390. The average Bonchev–Trinajstić information content (AvgIpc) is 3.08. The van der Waals surface area contributed by atoms with E-state index >= 15 is 0 Å². The molecule has 1 aliphatic heterocycles. The van der Waals surface area contributed by atoms with E-state index in [0.29, 0.717) is 16.9 Å². The lowest BCUT2D eigenvalue weighted by molar-refractivity contribution is -0.120. The first-order valence-corrected chi connectivity index (χ1v) is 11.4. The second kappa shape index (κ2) is 10.1. The summed E-state index contributed by atoms with van der Waals surface area (Å²) in [6.45, 7) is 0. The zero-order valence-corrected chi connectivity index (χ0v) is 20.5. The van der Waals surface area contributed by atoms with Gasteiger partial charge in [-0.1, -0.05) is 29.8 Å². The van der Waals surface area contributed by atoms with Crippen molar-refractivity contribution in [1.82, 2.24) is 0 Å². The van der Waals surface area contributed by atoms with Gasteiger partial charge in [-0.15, -0.1) is 0 Å². The van der Waals surface area contributed by atoms with E-state index in [1.54, 1.807) is 36.4 Å². The lowest BCUT2D eigenvalue weighted by Gasteiger charge is -2.16. The van der Waals surface area contributed by atoms with Gasteiger partial charge in [0, 0.05) is 15.7 Å². The van der Waals surface area contributed by atoms with Crippen LogP contribution in [0.1, 0.15) is 20.7 Å². The molecule has 0 fully saturated rings. The highest BCUT2D eigenvalue weighted by Gasteiger charge is 2.39. The molecule has 8 nitrogen and oxygen atoms in total. The Balaban J connectivity index is 1.50. The summed E-state index contributed by atoms with van der Waals surface area (Å²) >= 11 is 9.56. The maximum Gasteiger partial charge on any atom is 0.337 e. The summed E-state index contributed by atoms with van der Waals surface area (Å²) in [6, 6.07) is 19.4. The van der Waals surface area contributed by atoms with E-state index in [4.69, 9.17) is 11.6 Å². The van der Waals surface area contributed by atoms with E-state index in [1.807, 2.05) is 12.1 Å². The number of methoxy groups -OCH3 is 1. The molecular weight excluding hydrogens is 538 g/mol. The van der Waals surface area contributed by atoms with Crippen LogP contribution in [-0.2, 0) is 14.3 Å². The molecule has 0 radical (unpaired) electrons. The molecule has 10 heteroatoms. The zero-order chi connectivity index (χ0) is 25.1. The SMILES string of the molecule is COC(=O)c1cccc(N2C(=O)C(Cl)=C(Nc3ccc(C(=O)Nc4ccccc4Br)cc3)C2=O)c1. The lowest BCUT2D eigenvalue weighted by Crippen LogP contribution is -2.32. The number of hydrogen-bond donors (Lipinski definition) is 2. The van der Waals surface area contributed by atoms with Gasteiger partial charge in [0.15, 0.2) is 0 Å². The van der Waals surface area contributed by atoms with Crippen LogP contribution in [0.25, 0.3) is 0 Å². The number of halogens is 2. The number of nitrogens with one attached hydrogen (secondary N) is 2. The third-order valence-corrected chi connectivity index (χ3v) is 6.13. The van der Waals surface area contributed by atoms with Crippen molar-refractivity contribution in [3.05, 3.63) is 99.1 Å². The highest BCUT2D eigenvalue weighted by molar-refractivity contribution is 9.10. The second-order valence-corrected chi connectivity index (χ2v) is 8.55. The zero-order valence-electron chi connectivity index (χ0n) is 18.2. The molecule has 176 valence electrons. The predicted octanol–water partition coefficient (Wildman–Crippen LogP) is 4.92. The molecule has 35 heavy (non-hydrogen) atoms. The van der Waals surface area contributed by atoms with Gasteiger partial charge in [-0.3, -0.25) is 14.4 Å². The Labute approximate surface area is 213 Å². The Kier molecular flexibility index (Phi) is 6.99. The van der Waals surface area contributed by atoms with E-state index in [9.17, 15) is 19.2 Å². The normalized spacial score (nSPS) is 13.2. The average molecular weight is 555 g/mol. The summed E-state index contributed by atoms with van der Waals surface area (Å²) in [5.41, 5.74) is 1.70. The number of para-hydroxylation sites is 1. The van der Waals surface area contributed by atoms with Crippen LogP contribution < -0.4 is 15.5 Å². The minimum absolute atomic E-state index is 0.120. The number of hydrogen-bond acceptors (Lipinski definition) is 6. The Morgan fingerprint density at radius 1 is 0.914 bits per heavy atom. The molecule has 0 unspecified atom stereocenters. The summed E-state index contributed by atoms with van der Waals surface area (Å²) in [7, 11) is 1.23. The molecule has 1 aliphatic rings. The van der Waals surface area contributed by atoms with E-state index < -0.39 is 17.8 Å². The van der Waals surface area contributed by atoms with Crippen LogP contribution in [0.3, 0.4) is 0 Å². The lowest BCUT2D eigenvalue weighted by atomic mass is 10.2. The Morgan fingerprint density at radius 3 is 2.31 bits per heavy atom. The number of anilines is 3. The fraction of sp³-hybridized carbons (Fsp3) is 0.0400. The summed E-state index contributed by atoms with van der Waals surface area (Å²) in [4.78, 5) is 51.0. The van der Waals surface area contributed by atoms with Crippen LogP contribution >= 0.6 is 27.5 Å². The molecule has 1 heterocycles. The van der Waals surface area contributed by atoms with Gasteiger partial charge in [0.05, 0.1) is 24.0 Å². The monoisotopic (exact) mass is 553 g/mol. The first-order chi connectivity index (χ1) is 16.8. The van der Waals surface area contributed by atoms with Gasteiger partial charge < -0.3 is 15.4 Å². The molecule has 2 N–H and O–H groups in total. The second-order valence-electron chi connectivity index (χ2n) is 7.31. The quantitative estimate of drug-likeness (QED) is 0.331. The predicted molar refractivity (Wildman–Crippen MR) is 135 cm³/mol. The fourth-order valence-electron chi connectivity index (χ4n) is 3.34. The van der Waals surface area contributed by atoms with E-state index in [1.165, 1.54) is 31.4 Å². The molecule has 0 spiro atoms. The summed E-state index contributed by atoms with van der Waals surface area (Å²) in [6.07, 6.45) is 0. The smallest absolute Gasteiger partial charge is 0.337 e. The van der Waals surface area contributed by atoms with Crippen LogP contribution in [0.4, 0.5) is 17.1 Å². The van der Waals surface area contributed by atoms with Gasteiger partial charge in [0.25, 0.3) is 17.7 Å². The molecule has 0 aromatic heterocycles. The van der Waals surface area contributed by atoms with Gasteiger partial charge in [0.1, 0.15) is 10.7 Å². The first kappa shape index (κ1) is 24.2. The van der Waals surface area contributed by atoms with Crippen LogP contribution in [0.15, 0.2) is 88.0 Å². The molecule has 0 saturated carbocycles. The van der Waals surface area contributed by atoms with Gasteiger partial charge in [-0.25, -0.2) is 9.69 Å². The van der Waals surface area contributed by atoms with Crippen LogP contribution in [0.2, 0.25) is 0 Å². The number of esters is 1. The van der Waals surface area contributed by atoms with E-state index in [2.05, 4.69) is 31.3 Å². The number of ether oxygens (including phenoxy) is 1. The first-order valence-electron chi connectivity index (χ1n) is 10.2. The number of carbonyl (C=O) groups excluding carboxylic acids is 4. The van der Waals surface area contributed by atoms with Crippen LogP contribution in [0.5, 0.6) is 0 Å². The van der Waals surface area contributed by atoms with Crippen molar-refractivity contribution in [2.45, 2.75) is 0 Å². The van der Waals surface area contributed by atoms with Gasteiger partial charge in [-0.2, -0.15) is 0 Å². The third kappa shape index (κ3) is 4.96. The minimum Gasteiger partial charge on any atom is -0.465 e. The molecule has 0 saturated heterocycles. The Morgan fingerprint density at radius 2 is 1.63 bits per heavy atom. The number of benzene rings is 3. The molecule has 0 bridgehead atoms. The van der Waals surface area contributed by atoms with Crippen molar-refractivity contribution >= 4 is 68.3 Å². The largest absolute Gasteiger partial charge is 0.465 e. The summed E-state index contributed by atoms with van der Waals surface area (Å²) < 4.78 is 5.44. The molecule has 3 amide bonds. The van der Waals surface area contributed by atoms with E-state index in [0.717, 1.165) is 9.37 Å². The number of carbonyl (C=O) groups is 4. The van der Waals surface area contributed by atoms with Crippen LogP contribution in [-0.4, -0.2) is 30.8 Å². The Hall–Kier alpha value is -3.95. The molecule has 4 rings (SSSR count). The summed E-state index contributed by atoms with van der Waals surface area (Å²) in [5.74, 6) is -2.33. The van der Waals surface area contributed by atoms with Gasteiger partial charge in [-0.05, 0) is 70.5 Å². The van der Waals surface area contributed by atoms with Crippen molar-refractivity contribution in [1.29, 1.82) is 0 Å². The molecule has 3 aromatic rings. The molecule has 0 aliphatic carbocycles. The maximum absolute atomic E-state index is 13.0. The fourth-order valence-corrected chi connectivity index (χ4v) is 3.94. The third-order valence-electron chi connectivity index (χ3n) is 5.09. The van der Waals surface area contributed by atoms with Crippen LogP contribution in [0, 0.1) is 0 Å². The summed E-state index contributed by atoms with van der Waals surface area (Å²) in [5, 5.41) is 5.36. The van der Waals surface area contributed by atoms with Crippen molar-refractivity contribution in [2.24, 2.45) is 0 Å². The van der Waals surface area contributed by atoms with Gasteiger partial charge >= 0.3 is 5.97 Å². The number of amides is 3. The minimum atomic E-state index is -0.731. The van der Waals surface area contributed by atoms with Crippen molar-refractivity contribution in [2.75, 3.05) is 22.6 Å². The highest BCUT2D eigenvalue weighted by Crippen LogP contribution is 2.31. The van der Waals surface area contributed by atoms with Crippen molar-refractivity contribution in [3.63, 3.8) is 0 Å².